The quantitative estimate of drug-likeness (QED) is 0.630. The molecule has 1 fully saturated rings. The van der Waals surface area contributed by atoms with Crippen molar-refractivity contribution in [3.63, 3.8) is 0 Å². The molecule has 0 atom stereocenters. The normalized spacial score (nSPS) is 14.9. The predicted octanol–water partition coefficient (Wildman–Crippen LogP) is 3.88. The number of carbonyl (C=O) groups is 1. The summed E-state index contributed by atoms with van der Waals surface area (Å²) in [5.41, 5.74) is 2.56. The second-order valence-electron chi connectivity index (χ2n) is 7.76. The number of hydrogen-bond acceptors (Lipinski definition) is 6. The molecule has 2 N–H and O–H groups in total. The van der Waals surface area contributed by atoms with Gasteiger partial charge in [0.05, 0.1) is 6.54 Å². The number of nitrogens with one attached hydrogen (secondary N) is 2. The van der Waals surface area contributed by atoms with Crippen LogP contribution in [0.2, 0.25) is 0 Å². The molecule has 8 heteroatoms. The van der Waals surface area contributed by atoms with E-state index in [1.54, 1.807) is 24.5 Å². The summed E-state index contributed by atoms with van der Waals surface area (Å²) >= 11 is 0. The van der Waals surface area contributed by atoms with Crippen LogP contribution < -0.4 is 10.6 Å². The molecule has 1 aliphatic heterocycles. The van der Waals surface area contributed by atoms with E-state index in [9.17, 15) is 9.18 Å². The van der Waals surface area contributed by atoms with Crippen molar-refractivity contribution >= 4 is 23.4 Å². The van der Waals surface area contributed by atoms with E-state index in [-0.39, 0.29) is 11.7 Å². The Morgan fingerprint density at radius 3 is 2.74 bits per heavy atom. The van der Waals surface area contributed by atoms with Gasteiger partial charge in [-0.15, -0.1) is 0 Å². The van der Waals surface area contributed by atoms with Gasteiger partial charge in [0.25, 0.3) is 0 Å². The van der Waals surface area contributed by atoms with Gasteiger partial charge in [0.2, 0.25) is 11.9 Å². The van der Waals surface area contributed by atoms with Crippen LogP contribution >= 0.6 is 0 Å². The van der Waals surface area contributed by atoms with E-state index in [0.717, 1.165) is 37.2 Å². The molecule has 0 radical (unpaired) electrons. The van der Waals surface area contributed by atoms with Gasteiger partial charge in [0.1, 0.15) is 11.6 Å². The highest BCUT2D eigenvalue weighted by Crippen LogP contribution is 2.27. The number of amides is 1. The third-order valence-electron chi connectivity index (χ3n) is 5.31. The Morgan fingerprint density at radius 1 is 1.16 bits per heavy atom. The van der Waals surface area contributed by atoms with Crippen LogP contribution in [-0.2, 0) is 4.79 Å². The van der Waals surface area contributed by atoms with Crippen LogP contribution in [0.4, 0.5) is 21.8 Å². The van der Waals surface area contributed by atoms with Crippen LogP contribution in [0.3, 0.4) is 0 Å². The number of aromatic nitrogens is 3. The third kappa shape index (κ3) is 5.82. The summed E-state index contributed by atoms with van der Waals surface area (Å²) in [7, 11) is 0. The van der Waals surface area contributed by atoms with E-state index in [1.807, 2.05) is 25.1 Å². The zero-order valence-electron chi connectivity index (χ0n) is 17.4. The Balaban J connectivity index is 1.29. The molecule has 1 aliphatic rings. The number of piperidine rings is 1. The SMILES string of the molecule is Cc1ccc(Nc2nccc(C3CCN(CC(=O)Nc4cccc(F)c4)CC3)n2)nc1. The Hall–Kier alpha value is -3.39. The van der Waals surface area contributed by atoms with E-state index in [1.165, 1.54) is 12.1 Å². The second kappa shape index (κ2) is 9.61. The van der Waals surface area contributed by atoms with Crippen molar-refractivity contribution in [2.75, 3.05) is 30.3 Å². The lowest BCUT2D eigenvalue weighted by Crippen LogP contribution is -2.38. The molecule has 1 aromatic carbocycles. The molecule has 0 saturated carbocycles. The van der Waals surface area contributed by atoms with E-state index in [4.69, 9.17) is 0 Å². The van der Waals surface area contributed by atoms with Gasteiger partial charge in [-0.1, -0.05) is 12.1 Å². The lowest BCUT2D eigenvalue weighted by Gasteiger charge is -2.31. The number of likely N-dealkylation sites (tertiary alicyclic amines) is 1. The summed E-state index contributed by atoms with van der Waals surface area (Å²) in [4.78, 5) is 27.7. The van der Waals surface area contributed by atoms with Crippen molar-refractivity contribution in [3.05, 3.63) is 71.9 Å². The second-order valence-corrected chi connectivity index (χ2v) is 7.76. The van der Waals surface area contributed by atoms with Gasteiger partial charge >= 0.3 is 0 Å². The van der Waals surface area contributed by atoms with Gasteiger partial charge in [-0.2, -0.15) is 0 Å². The zero-order valence-corrected chi connectivity index (χ0v) is 17.4. The number of hydrogen-bond donors (Lipinski definition) is 2. The van der Waals surface area contributed by atoms with E-state index in [2.05, 4.69) is 30.5 Å². The molecule has 0 spiro atoms. The summed E-state index contributed by atoms with van der Waals surface area (Å²) in [6, 6.07) is 11.8. The number of carbonyl (C=O) groups excluding carboxylic acids is 1. The molecular weight excluding hydrogens is 395 g/mol. The number of pyridine rings is 1. The third-order valence-corrected chi connectivity index (χ3v) is 5.31. The monoisotopic (exact) mass is 420 g/mol. The van der Waals surface area contributed by atoms with Crippen molar-refractivity contribution in [2.45, 2.75) is 25.7 Å². The van der Waals surface area contributed by atoms with Gasteiger partial charge in [-0.25, -0.2) is 19.3 Å². The molecule has 0 bridgehead atoms. The Labute approximate surface area is 180 Å². The van der Waals surface area contributed by atoms with Gasteiger partial charge in [0.15, 0.2) is 0 Å². The molecule has 3 heterocycles. The first-order valence-electron chi connectivity index (χ1n) is 10.4. The molecule has 3 aromatic rings. The van der Waals surface area contributed by atoms with Crippen molar-refractivity contribution < 1.29 is 9.18 Å². The fourth-order valence-corrected chi connectivity index (χ4v) is 3.67. The maximum absolute atomic E-state index is 13.3. The molecule has 4 rings (SSSR count). The van der Waals surface area contributed by atoms with Gasteiger partial charge in [-0.05, 0) is 68.8 Å². The fraction of sp³-hybridized carbons (Fsp3) is 0.304. The smallest absolute Gasteiger partial charge is 0.238 e. The molecule has 0 unspecified atom stereocenters. The molecular formula is C23H25FN6O. The van der Waals surface area contributed by atoms with Crippen LogP contribution in [0.15, 0.2) is 54.9 Å². The molecule has 1 amide bonds. The number of nitrogens with zero attached hydrogens (tertiary/aromatic N) is 4. The molecule has 0 aliphatic carbocycles. The Bertz CT molecular complexity index is 1030. The number of halogens is 1. The molecule has 2 aromatic heterocycles. The molecule has 31 heavy (non-hydrogen) atoms. The summed E-state index contributed by atoms with van der Waals surface area (Å²) < 4.78 is 13.3. The lowest BCUT2D eigenvalue weighted by atomic mass is 9.93. The maximum Gasteiger partial charge on any atom is 0.238 e. The average Bonchev–Trinajstić information content (AvgIpc) is 2.76. The summed E-state index contributed by atoms with van der Waals surface area (Å²) in [6.07, 6.45) is 5.38. The minimum Gasteiger partial charge on any atom is -0.325 e. The van der Waals surface area contributed by atoms with Crippen molar-refractivity contribution in [1.29, 1.82) is 0 Å². The molecule has 160 valence electrons. The highest BCUT2D eigenvalue weighted by Gasteiger charge is 2.23. The Morgan fingerprint density at radius 2 is 2.00 bits per heavy atom. The highest BCUT2D eigenvalue weighted by atomic mass is 19.1. The summed E-state index contributed by atoms with van der Waals surface area (Å²) in [6.45, 7) is 3.88. The van der Waals surface area contributed by atoms with Gasteiger partial charge in [-0.3, -0.25) is 9.69 Å². The van der Waals surface area contributed by atoms with Crippen LogP contribution in [0.5, 0.6) is 0 Å². The van der Waals surface area contributed by atoms with Crippen LogP contribution in [0, 0.1) is 12.7 Å². The van der Waals surface area contributed by atoms with Crippen LogP contribution in [0.25, 0.3) is 0 Å². The van der Waals surface area contributed by atoms with Crippen molar-refractivity contribution in [2.24, 2.45) is 0 Å². The van der Waals surface area contributed by atoms with Gasteiger partial charge in [0, 0.05) is 29.7 Å². The average molecular weight is 420 g/mol. The largest absolute Gasteiger partial charge is 0.325 e. The fourth-order valence-electron chi connectivity index (χ4n) is 3.67. The number of benzene rings is 1. The number of anilines is 3. The minimum atomic E-state index is -0.365. The lowest BCUT2D eigenvalue weighted by molar-refractivity contribution is -0.117. The molecule has 1 saturated heterocycles. The first-order valence-corrected chi connectivity index (χ1v) is 10.4. The maximum atomic E-state index is 13.3. The predicted molar refractivity (Wildman–Crippen MR) is 118 cm³/mol. The summed E-state index contributed by atoms with van der Waals surface area (Å²) in [5, 5.41) is 5.90. The zero-order chi connectivity index (χ0) is 21.6. The van der Waals surface area contributed by atoms with Crippen molar-refractivity contribution in [3.8, 4) is 0 Å². The van der Waals surface area contributed by atoms with E-state index < -0.39 is 0 Å². The van der Waals surface area contributed by atoms with Gasteiger partial charge < -0.3 is 10.6 Å². The standard InChI is InChI=1S/C23H25FN6O/c1-16-5-6-21(26-14-16)29-23-25-10-7-20(28-23)17-8-11-30(12-9-17)15-22(31)27-19-4-2-3-18(24)13-19/h2-7,10,13-14,17H,8-9,11-12,15H2,1H3,(H,27,31)(H,25,26,28,29). The number of aryl methyl sites for hydroxylation is 1. The highest BCUT2D eigenvalue weighted by molar-refractivity contribution is 5.92. The Kier molecular flexibility index (Phi) is 6.47. The van der Waals surface area contributed by atoms with E-state index in [0.29, 0.717) is 29.9 Å². The topological polar surface area (TPSA) is 83.0 Å². The van der Waals surface area contributed by atoms with Crippen molar-refractivity contribution in [1.82, 2.24) is 19.9 Å². The summed E-state index contributed by atoms with van der Waals surface area (Å²) in [5.74, 6) is 1.06. The van der Waals surface area contributed by atoms with Crippen LogP contribution in [-0.4, -0.2) is 45.4 Å². The minimum absolute atomic E-state index is 0.136. The van der Waals surface area contributed by atoms with Crippen LogP contribution in [0.1, 0.15) is 30.0 Å². The first-order chi connectivity index (χ1) is 15.0. The first kappa shape index (κ1) is 20.9. The van der Waals surface area contributed by atoms with E-state index >= 15 is 0 Å². The number of rotatable bonds is 6. The molecule has 7 nitrogen and oxygen atoms in total.